The molecule has 1 N–H and O–H groups in total. The van der Waals surface area contributed by atoms with Gasteiger partial charge in [-0.25, -0.2) is 19.9 Å². The number of aromatic nitrogens is 4. The Labute approximate surface area is 134 Å². The smallest absolute Gasteiger partial charge is 0.254 e. The lowest BCUT2D eigenvalue weighted by molar-refractivity contribution is 0.00940. The van der Waals surface area contributed by atoms with Gasteiger partial charge in [-0.15, -0.1) is 0 Å². The second kappa shape index (κ2) is 7.23. The molecule has 1 atom stereocenters. The van der Waals surface area contributed by atoms with E-state index in [0.717, 1.165) is 31.4 Å². The second-order valence-corrected chi connectivity index (χ2v) is 5.51. The molecular formula is C16H19N5O2. The highest BCUT2D eigenvalue weighted by atomic mass is 16.5. The summed E-state index contributed by atoms with van der Waals surface area (Å²) in [4.78, 5) is 28.7. The summed E-state index contributed by atoms with van der Waals surface area (Å²) in [6.07, 6.45) is 9.60. The first-order chi connectivity index (χ1) is 11.2. The summed E-state index contributed by atoms with van der Waals surface area (Å²) in [6.45, 7) is 2.90. The number of aryl methyl sites for hydroxylation is 1. The highest BCUT2D eigenvalue weighted by Gasteiger charge is 2.18. The fraction of sp³-hybridized carbons (Fsp3) is 0.438. The van der Waals surface area contributed by atoms with Crippen molar-refractivity contribution in [2.24, 2.45) is 0 Å². The molecule has 0 radical (unpaired) electrons. The SMILES string of the molecule is Cc1ncncc1C(=O)NCc1cnc(C2CCCCO2)nc1. The summed E-state index contributed by atoms with van der Waals surface area (Å²) in [5.74, 6) is 0.509. The summed E-state index contributed by atoms with van der Waals surface area (Å²) in [5, 5.41) is 2.82. The molecule has 1 unspecified atom stereocenters. The van der Waals surface area contributed by atoms with Gasteiger partial charge in [-0.2, -0.15) is 0 Å². The van der Waals surface area contributed by atoms with Gasteiger partial charge < -0.3 is 10.1 Å². The fourth-order valence-electron chi connectivity index (χ4n) is 2.46. The van der Waals surface area contributed by atoms with Gasteiger partial charge in [0, 0.05) is 37.3 Å². The second-order valence-electron chi connectivity index (χ2n) is 5.51. The molecule has 0 bridgehead atoms. The number of amides is 1. The van der Waals surface area contributed by atoms with E-state index >= 15 is 0 Å². The van der Waals surface area contributed by atoms with Crippen molar-refractivity contribution in [3.05, 3.63) is 47.6 Å². The number of rotatable bonds is 4. The van der Waals surface area contributed by atoms with Crippen molar-refractivity contribution in [3.8, 4) is 0 Å². The van der Waals surface area contributed by atoms with Gasteiger partial charge >= 0.3 is 0 Å². The van der Waals surface area contributed by atoms with Gasteiger partial charge in [0.05, 0.1) is 11.3 Å². The van der Waals surface area contributed by atoms with E-state index in [2.05, 4.69) is 25.3 Å². The van der Waals surface area contributed by atoms with Crippen LogP contribution in [0.4, 0.5) is 0 Å². The van der Waals surface area contributed by atoms with Gasteiger partial charge in [0.1, 0.15) is 12.4 Å². The topological polar surface area (TPSA) is 89.9 Å². The fourth-order valence-corrected chi connectivity index (χ4v) is 2.46. The minimum absolute atomic E-state index is 0.00323. The molecule has 23 heavy (non-hydrogen) atoms. The molecule has 1 aliphatic rings. The van der Waals surface area contributed by atoms with Crippen molar-refractivity contribution in [3.63, 3.8) is 0 Å². The van der Waals surface area contributed by atoms with Crippen LogP contribution in [0.5, 0.6) is 0 Å². The normalized spacial score (nSPS) is 17.7. The highest BCUT2D eigenvalue weighted by Crippen LogP contribution is 2.24. The first kappa shape index (κ1) is 15.5. The van der Waals surface area contributed by atoms with Crippen LogP contribution < -0.4 is 5.32 Å². The van der Waals surface area contributed by atoms with E-state index in [1.807, 2.05) is 0 Å². The molecule has 1 amide bonds. The van der Waals surface area contributed by atoms with Crippen molar-refractivity contribution >= 4 is 5.91 Å². The van der Waals surface area contributed by atoms with Gasteiger partial charge in [0.15, 0.2) is 5.82 Å². The minimum atomic E-state index is -0.206. The molecule has 7 heteroatoms. The van der Waals surface area contributed by atoms with Crippen LogP contribution in [0.15, 0.2) is 24.9 Å². The van der Waals surface area contributed by atoms with Crippen LogP contribution >= 0.6 is 0 Å². The van der Waals surface area contributed by atoms with E-state index in [9.17, 15) is 4.79 Å². The molecule has 1 aliphatic heterocycles. The average molecular weight is 313 g/mol. The molecule has 0 saturated carbocycles. The quantitative estimate of drug-likeness (QED) is 0.925. The summed E-state index contributed by atoms with van der Waals surface area (Å²) >= 11 is 0. The third-order valence-corrected chi connectivity index (χ3v) is 3.80. The predicted molar refractivity (Wildman–Crippen MR) is 82.5 cm³/mol. The molecule has 2 aromatic heterocycles. The zero-order valence-corrected chi connectivity index (χ0v) is 13.0. The van der Waals surface area contributed by atoms with E-state index in [1.165, 1.54) is 12.5 Å². The Morgan fingerprint density at radius 3 is 2.78 bits per heavy atom. The summed E-state index contributed by atoms with van der Waals surface area (Å²) in [5.41, 5.74) is 1.96. The Morgan fingerprint density at radius 2 is 2.09 bits per heavy atom. The lowest BCUT2D eigenvalue weighted by Crippen LogP contribution is -2.24. The van der Waals surface area contributed by atoms with Gasteiger partial charge in [0.25, 0.3) is 5.91 Å². The molecule has 2 aromatic rings. The molecule has 120 valence electrons. The molecule has 0 aromatic carbocycles. The Kier molecular flexibility index (Phi) is 4.87. The zero-order chi connectivity index (χ0) is 16.1. The van der Waals surface area contributed by atoms with Crippen LogP contribution in [0.25, 0.3) is 0 Å². The van der Waals surface area contributed by atoms with Crippen molar-refractivity contribution in [2.45, 2.75) is 38.8 Å². The summed E-state index contributed by atoms with van der Waals surface area (Å²) < 4.78 is 5.66. The lowest BCUT2D eigenvalue weighted by Gasteiger charge is -2.21. The van der Waals surface area contributed by atoms with Crippen molar-refractivity contribution in [1.82, 2.24) is 25.3 Å². The van der Waals surface area contributed by atoms with Crippen LogP contribution in [0.2, 0.25) is 0 Å². The van der Waals surface area contributed by atoms with Crippen molar-refractivity contribution < 1.29 is 9.53 Å². The standard InChI is InChI=1S/C16H19N5O2/c1-11-13(9-17-10-21-11)16(22)20-8-12-6-18-15(19-7-12)14-4-2-3-5-23-14/h6-7,9-10,14H,2-5,8H2,1H3,(H,20,22). The van der Waals surface area contributed by atoms with E-state index in [-0.39, 0.29) is 12.0 Å². The molecule has 0 spiro atoms. The molecule has 3 heterocycles. The Balaban J connectivity index is 1.58. The largest absolute Gasteiger partial charge is 0.370 e. The molecular weight excluding hydrogens is 294 g/mol. The van der Waals surface area contributed by atoms with Crippen LogP contribution in [0, 0.1) is 6.92 Å². The third kappa shape index (κ3) is 3.87. The van der Waals surface area contributed by atoms with E-state index < -0.39 is 0 Å². The minimum Gasteiger partial charge on any atom is -0.370 e. The maximum absolute atomic E-state index is 12.1. The number of hydrogen-bond donors (Lipinski definition) is 1. The monoisotopic (exact) mass is 313 g/mol. The maximum atomic E-state index is 12.1. The maximum Gasteiger partial charge on any atom is 0.254 e. The van der Waals surface area contributed by atoms with Crippen LogP contribution in [-0.2, 0) is 11.3 Å². The van der Waals surface area contributed by atoms with Crippen LogP contribution in [0.3, 0.4) is 0 Å². The number of carbonyl (C=O) groups is 1. The first-order valence-corrected chi connectivity index (χ1v) is 7.71. The van der Waals surface area contributed by atoms with Gasteiger partial charge in [-0.1, -0.05) is 0 Å². The van der Waals surface area contributed by atoms with Crippen molar-refractivity contribution in [1.29, 1.82) is 0 Å². The summed E-state index contributed by atoms with van der Waals surface area (Å²) in [7, 11) is 0. The third-order valence-electron chi connectivity index (χ3n) is 3.80. The number of ether oxygens (including phenoxy) is 1. The van der Waals surface area contributed by atoms with Crippen molar-refractivity contribution in [2.75, 3.05) is 6.61 Å². The number of nitrogens with one attached hydrogen (secondary N) is 1. The zero-order valence-electron chi connectivity index (χ0n) is 13.0. The summed E-state index contributed by atoms with van der Waals surface area (Å²) in [6, 6.07) is 0. The number of carbonyl (C=O) groups excluding carboxylic acids is 1. The molecule has 7 nitrogen and oxygen atoms in total. The number of hydrogen-bond acceptors (Lipinski definition) is 6. The molecule has 0 aliphatic carbocycles. The van der Waals surface area contributed by atoms with Crippen LogP contribution in [-0.4, -0.2) is 32.4 Å². The number of nitrogens with zero attached hydrogens (tertiary/aromatic N) is 4. The van der Waals surface area contributed by atoms with Gasteiger partial charge in [-0.05, 0) is 26.2 Å². The molecule has 1 saturated heterocycles. The average Bonchev–Trinajstić information content (AvgIpc) is 2.61. The first-order valence-electron chi connectivity index (χ1n) is 7.71. The Morgan fingerprint density at radius 1 is 1.26 bits per heavy atom. The van der Waals surface area contributed by atoms with E-state index in [1.54, 1.807) is 19.3 Å². The van der Waals surface area contributed by atoms with Gasteiger partial charge in [0.2, 0.25) is 0 Å². The van der Waals surface area contributed by atoms with Gasteiger partial charge in [-0.3, -0.25) is 4.79 Å². The van der Waals surface area contributed by atoms with E-state index in [4.69, 9.17) is 4.74 Å². The Hall–Kier alpha value is -2.41. The molecule has 3 rings (SSSR count). The predicted octanol–water partition coefficient (Wildman–Crippen LogP) is 1.75. The highest BCUT2D eigenvalue weighted by molar-refractivity contribution is 5.94. The molecule has 1 fully saturated rings. The Bertz CT molecular complexity index is 668. The van der Waals surface area contributed by atoms with Crippen LogP contribution in [0.1, 0.15) is 52.8 Å². The van der Waals surface area contributed by atoms with E-state index in [0.29, 0.717) is 23.6 Å². The lowest BCUT2D eigenvalue weighted by atomic mass is 10.1.